The van der Waals surface area contributed by atoms with Gasteiger partial charge in [-0.1, -0.05) is 57.8 Å². The molecule has 0 radical (unpaired) electrons. The smallest absolute Gasteiger partial charge is 0.171 e. The molecule has 0 saturated carbocycles. The lowest BCUT2D eigenvalue weighted by atomic mass is 10.0. The van der Waals surface area contributed by atoms with E-state index in [9.17, 15) is 0 Å². The minimum atomic E-state index is 0. The molecule has 0 spiro atoms. The maximum absolute atomic E-state index is 8.69. The zero-order chi connectivity index (χ0) is 15.2. The first-order valence-corrected chi connectivity index (χ1v) is 8.88. The predicted octanol–water partition coefficient (Wildman–Crippen LogP) is 1.34. The molecule has 3 heteroatoms. The number of aromatic nitrogens is 1. The first kappa shape index (κ1) is 21.8. The van der Waals surface area contributed by atoms with Crippen molar-refractivity contribution >= 4 is 0 Å². The van der Waals surface area contributed by atoms with E-state index in [4.69, 9.17) is 5.11 Å². The molecule has 0 aliphatic heterocycles. The third-order valence-electron chi connectivity index (χ3n) is 4.12. The van der Waals surface area contributed by atoms with Crippen LogP contribution < -0.4 is 28.5 Å². The normalized spacial score (nSPS) is 10.5. The van der Waals surface area contributed by atoms with Crippen molar-refractivity contribution in [2.45, 2.75) is 77.0 Å². The first-order valence-electron chi connectivity index (χ1n) is 8.88. The standard InChI is InChI=1S/C19H34NO.HI/c1-20-16-13-15-19(18-20)14-11-9-7-5-3-2-4-6-8-10-12-17-21;/h13,15-16,18,21H,2-12,14,17H2,1H3;1H/q+1;/p-1. The number of halogens is 1. The maximum Gasteiger partial charge on any atom is 0.171 e. The Morgan fingerprint density at radius 3 is 1.82 bits per heavy atom. The van der Waals surface area contributed by atoms with Gasteiger partial charge in [-0.2, -0.15) is 0 Å². The molecular weight excluding hydrogens is 385 g/mol. The molecule has 2 nitrogen and oxygen atoms in total. The molecule has 1 aromatic heterocycles. The van der Waals surface area contributed by atoms with Crippen molar-refractivity contribution in [3.8, 4) is 0 Å². The molecule has 1 heterocycles. The number of hydrogen-bond donors (Lipinski definition) is 1. The Balaban J connectivity index is 0.00000441. The molecule has 0 unspecified atom stereocenters. The Hall–Kier alpha value is -0.160. The van der Waals surface area contributed by atoms with Crippen LogP contribution in [0.5, 0.6) is 0 Å². The van der Waals surface area contributed by atoms with Gasteiger partial charge in [-0.25, -0.2) is 4.57 Å². The number of unbranched alkanes of at least 4 members (excludes halogenated alkanes) is 10. The van der Waals surface area contributed by atoms with Gasteiger partial charge in [0, 0.05) is 18.2 Å². The zero-order valence-corrected chi connectivity index (χ0v) is 16.4. The fourth-order valence-corrected chi connectivity index (χ4v) is 2.83. The quantitative estimate of drug-likeness (QED) is 0.291. The molecule has 1 N–H and O–H groups in total. The summed E-state index contributed by atoms with van der Waals surface area (Å²) in [7, 11) is 2.09. The summed E-state index contributed by atoms with van der Waals surface area (Å²) < 4.78 is 2.13. The summed E-state index contributed by atoms with van der Waals surface area (Å²) >= 11 is 0. The van der Waals surface area contributed by atoms with Crippen LogP contribution in [-0.2, 0) is 13.5 Å². The second kappa shape index (κ2) is 15.7. The van der Waals surface area contributed by atoms with Crippen molar-refractivity contribution in [3.63, 3.8) is 0 Å². The van der Waals surface area contributed by atoms with Crippen molar-refractivity contribution in [2.75, 3.05) is 6.61 Å². The second-order valence-corrected chi connectivity index (χ2v) is 6.24. The van der Waals surface area contributed by atoms with Crippen LogP contribution in [0.1, 0.15) is 76.2 Å². The molecular formula is C19H34INO. The lowest BCUT2D eigenvalue weighted by Crippen LogP contribution is -3.00. The third-order valence-corrected chi connectivity index (χ3v) is 4.12. The highest BCUT2D eigenvalue weighted by molar-refractivity contribution is 5.05. The molecule has 0 fully saturated rings. The van der Waals surface area contributed by atoms with E-state index in [1.807, 2.05) is 0 Å². The Morgan fingerprint density at radius 2 is 1.32 bits per heavy atom. The SMILES string of the molecule is C[n+]1cccc(CCCCCCCCCCCCCO)c1.[I-]. The van der Waals surface area contributed by atoms with Crippen molar-refractivity contribution in [1.29, 1.82) is 0 Å². The minimum absolute atomic E-state index is 0. The van der Waals surface area contributed by atoms with Crippen LogP contribution >= 0.6 is 0 Å². The zero-order valence-electron chi connectivity index (χ0n) is 14.3. The van der Waals surface area contributed by atoms with E-state index in [0.717, 1.165) is 6.42 Å². The number of hydrogen-bond acceptors (Lipinski definition) is 1. The lowest BCUT2D eigenvalue weighted by Gasteiger charge is -2.03. The Morgan fingerprint density at radius 1 is 0.818 bits per heavy atom. The average Bonchev–Trinajstić information content (AvgIpc) is 2.48. The van der Waals surface area contributed by atoms with Crippen molar-refractivity contribution in [1.82, 2.24) is 0 Å². The van der Waals surface area contributed by atoms with Gasteiger partial charge in [0.05, 0.1) is 0 Å². The van der Waals surface area contributed by atoms with Crippen LogP contribution in [0, 0.1) is 0 Å². The summed E-state index contributed by atoms with van der Waals surface area (Å²) in [5.74, 6) is 0. The van der Waals surface area contributed by atoms with Crippen molar-refractivity contribution < 1.29 is 33.7 Å². The predicted molar refractivity (Wildman–Crippen MR) is 89.2 cm³/mol. The highest BCUT2D eigenvalue weighted by Crippen LogP contribution is 2.12. The summed E-state index contributed by atoms with van der Waals surface area (Å²) in [4.78, 5) is 0. The minimum Gasteiger partial charge on any atom is -1.00 e. The van der Waals surface area contributed by atoms with Gasteiger partial charge in [0.2, 0.25) is 0 Å². The van der Waals surface area contributed by atoms with Gasteiger partial charge < -0.3 is 29.1 Å². The Kier molecular flexibility index (Phi) is 15.6. The van der Waals surface area contributed by atoms with Gasteiger partial charge in [-0.15, -0.1) is 0 Å². The molecule has 0 aromatic carbocycles. The van der Waals surface area contributed by atoms with Crippen LogP contribution in [0.3, 0.4) is 0 Å². The van der Waals surface area contributed by atoms with Gasteiger partial charge in [0.25, 0.3) is 0 Å². The van der Waals surface area contributed by atoms with Crippen LogP contribution in [0.2, 0.25) is 0 Å². The van der Waals surface area contributed by atoms with Gasteiger partial charge in [-0.05, 0) is 25.3 Å². The fraction of sp³-hybridized carbons (Fsp3) is 0.737. The molecule has 0 bridgehead atoms. The van der Waals surface area contributed by atoms with Gasteiger partial charge in [0.15, 0.2) is 12.4 Å². The number of aliphatic hydroxyl groups excluding tert-OH is 1. The summed E-state index contributed by atoms with van der Waals surface area (Å²) in [5, 5.41) is 8.69. The van der Waals surface area contributed by atoms with E-state index in [1.165, 1.54) is 76.2 Å². The summed E-state index contributed by atoms with van der Waals surface area (Å²) in [6.45, 7) is 0.362. The number of rotatable bonds is 13. The highest BCUT2D eigenvalue weighted by atomic mass is 127. The van der Waals surface area contributed by atoms with Gasteiger partial charge in [-0.3, -0.25) is 0 Å². The van der Waals surface area contributed by atoms with Crippen molar-refractivity contribution in [3.05, 3.63) is 30.1 Å². The molecule has 1 rings (SSSR count). The number of aryl methyl sites for hydroxylation is 2. The molecule has 128 valence electrons. The van der Waals surface area contributed by atoms with Crippen LogP contribution in [0.25, 0.3) is 0 Å². The Labute approximate surface area is 154 Å². The molecule has 22 heavy (non-hydrogen) atoms. The summed E-state index contributed by atoms with van der Waals surface area (Å²) in [6.07, 6.45) is 20.1. The number of pyridine rings is 1. The van der Waals surface area contributed by atoms with E-state index in [2.05, 4.69) is 36.1 Å². The lowest BCUT2D eigenvalue weighted by molar-refractivity contribution is -0.671. The van der Waals surface area contributed by atoms with Gasteiger partial charge in [0.1, 0.15) is 7.05 Å². The Bertz CT molecular complexity index is 357. The molecule has 0 atom stereocenters. The van der Waals surface area contributed by atoms with E-state index in [1.54, 1.807) is 0 Å². The van der Waals surface area contributed by atoms with E-state index in [-0.39, 0.29) is 24.0 Å². The molecule has 0 aliphatic carbocycles. The topological polar surface area (TPSA) is 24.1 Å². The second-order valence-electron chi connectivity index (χ2n) is 6.24. The first-order chi connectivity index (χ1) is 10.3. The average molecular weight is 419 g/mol. The van der Waals surface area contributed by atoms with Crippen LogP contribution in [0.15, 0.2) is 24.5 Å². The molecule has 0 aliphatic rings. The number of nitrogens with zero attached hydrogens (tertiary/aromatic N) is 1. The molecule has 1 aromatic rings. The number of aliphatic hydroxyl groups is 1. The monoisotopic (exact) mass is 419 g/mol. The van der Waals surface area contributed by atoms with Gasteiger partial charge >= 0.3 is 0 Å². The summed E-state index contributed by atoms with van der Waals surface area (Å²) in [5.41, 5.74) is 1.46. The van der Waals surface area contributed by atoms with E-state index < -0.39 is 0 Å². The third kappa shape index (κ3) is 12.4. The van der Waals surface area contributed by atoms with Crippen LogP contribution in [0.4, 0.5) is 0 Å². The van der Waals surface area contributed by atoms with Crippen LogP contribution in [-0.4, -0.2) is 11.7 Å². The van der Waals surface area contributed by atoms with E-state index >= 15 is 0 Å². The largest absolute Gasteiger partial charge is 1.00 e. The molecule has 0 saturated heterocycles. The fourth-order valence-electron chi connectivity index (χ4n) is 2.83. The maximum atomic E-state index is 8.69. The highest BCUT2D eigenvalue weighted by Gasteiger charge is 1.98. The van der Waals surface area contributed by atoms with Crippen molar-refractivity contribution in [2.24, 2.45) is 7.05 Å². The summed E-state index contributed by atoms with van der Waals surface area (Å²) in [6, 6.07) is 4.37. The molecule has 0 amide bonds. The van der Waals surface area contributed by atoms with E-state index in [0.29, 0.717) is 6.61 Å².